The molecule has 0 unspecified atom stereocenters. The molecule has 2 aromatic rings. The van der Waals surface area contributed by atoms with Crippen LogP contribution in [0.2, 0.25) is 0 Å². The molecule has 57 heavy (non-hydrogen) atoms. The van der Waals surface area contributed by atoms with E-state index in [0.29, 0.717) is 11.7 Å². The molecule has 8 nitrogen and oxygen atoms in total. The van der Waals surface area contributed by atoms with Gasteiger partial charge in [-0.2, -0.15) is 0 Å². The summed E-state index contributed by atoms with van der Waals surface area (Å²) in [6.45, 7) is 12.6. The average Bonchev–Trinajstić information content (AvgIpc) is 3.99. The van der Waals surface area contributed by atoms with Gasteiger partial charge < -0.3 is 33.5 Å². The highest BCUT2D eigenvalue weighted by molar-refractivity contribution is 5.79. The third-order valence-electron chi connectivity index (χ3n) is 12.7. The third kappa shape index (κ3) is 17.0. The minimum atomic E-state index is -0.234. The first-order valence-electron chi connectivity index (χ1n) is 22.9. The van der Waals surface area contributed by atoms with E-state index >= 15 is 0 Å². The number of carbonyl (C=O) groups excluding carboxylic acids is 1. The molecule has 2 aliphatic carbocycles. The highest BCUT2D eigenvalue weighted by Crippen LogP contribution is 2.39. The zero-order valence-electron chi connectivity index (χ0n) is 35.3. The van der Waals surface area contributed by atoms with Crippen molar-refractivity contribution in [1.29, 1.82) is 0 Å². The van der Waals surface area contributed by atoms with E-state index in [9.17, 15) is 4.79 Å². The number of Topliss-reactive ketones (excluding diaryl/α,β-unsaturated/α-hetero) is 1. The number of benzene rings is 2. The summed E-state index contributed by atoms with van der Waals surface area (Å²) in [5, 5.41) is 0. The van der Waals surface area contributed by atoms with Gasteiger partial charge in [0.05, 0.1) is 26.4 Å². The molecule has 1 spiro atoms. The van der Waals surface area contributed by atoms with Gasteiger partial charge in [0.15, 0.2) is 5.79 Å². The van der Waals surface area contributed by atoms with Crippen LogP contribution in [0.3, 0.4) is 0 Å². The van der Waals surface area contributed by atoms with Gasteiger partial charge in [0.2, 0.25) is 0 Å². The van der Waals surface area contributed by atoms with Gasteiger partial charge in [-0.25, -0.2) is 0 Å². The number of ether oxygens (including phenoxy) is 5. The molecule has 0 aromatic heterocycles. The Hall–Kier alpha value is -2.43. The van der Waals surface area contributed by atoms with Crippen LogP contribution in [0.4, 0.5) is 0 Å². The summed E-state index contributed by atoms with van der Waals surface area (Å²) in [4.78, 5) is 16.4. The van der Waals surface area contributed by atoms with Crippen LogP contribution in [0.5, 0.6) is 11.5 Å². The molecule has 0 N–H and O–H groups in total. The Kier molecular flexibility index (Phi) is 20.8. The van der Waals surface area contributed by atoms with E-state index in [2.05, 4.69) is 58.3 Å². The molecule has 315 valence electrons. The molecule has 9 heteroatoms. The minimum Gasteiger partial charge on any atom is -0.494 e. The van der Waals surface area contributed by atoms with Crippen molar-refractivity contribution in [1.82, 2.24) is 9.80 Å². The highest BCUT2D eigenvalue weighted by atomic mass is 16.7. The summed E-state index contributed by atoms with van der Waals surface area (Å²) < 4.78 is 28.5. The van der Waals surface area contributed by atoms with Crippen LogP contribution in [0.15, 0.2) is 48.5 Å². The van der Waals surface area contributed by atoms with Crippen LogP contribution in [0.25, 0.3) is 0 Å². The van der Waals surface area contributed by atoms with Crippen molar-refractivity contribution in [3.63, 3.8) is 0 Å². The van der Waals surface area contributed by atoms with Crippen LogP contribution in [0.1, 0.15) is 127 Å². The van der Waals surface area contributed by atoms with E-state index < -0.39 is 0 Å². The standard InChI is InChI=1S/C23H35NO3.C21H31NO2.C4H8O.B/c1-2-13-24(14-3-1)15-4-16-25-22-7-5-20(6-8-22)19-21-9-11-23(12-10-21)26-17-18-27-23;23-20-9-5-18(6-10-20)17-19-7-11-21(12-8-19)24-16-4-15-22-13-2-1-3-14-22;1-2-4-5-3-1;/h5-8,21H,1-4,9-19H2;7-8,11-12,18H,1-6,9-10,13-17H2;1-4H2;. The Bertz CT molecular complexity index is 1330. The number of carbonyl (C=O) groups is 1. The maximum absolute atomic E-state index is 11.3. The SMILES string of the molecule is C1CCOC1.O=C1CCC(Cc2ccc(OCCCN3CCCCC3)cc2)CC1.[B].c1cc(OCCCN2CCCCC2)ccc1CC1CCC2(CC1)OCCO2. The number of nitrogens with zero attached hydrogens (tertiary/aromatic N) is 2. The first-order valence-corrected chi connectivity index (χ1v) is 22.9. The molecule has 6 aliphatic rings. The van der Waals surface area contributed by atoms with Crippen molar-refractivity contribution in [2.24, 2.45) is 11.8 Å². The lowest BCUT2D eigenvalue weighted by Crippen LogP contribution is -2.35. The molecule has 0 amide bonds. The van der Waals surface area contributed by atoms with Gasteiger partial charge in [0, 0.05) is 60.4 Å². The van der Waals surface area contributed by atoms with E-state index in [-0.39, 0.29) is 14.2 Å². The molecule has 6 fully saturated rings. The van der Waals surface area contributed by atoms with Crippen LogP contribution in [0, 0.1) is 11.8 Å². The monoisotopic (exact) mass is 786 g/mol. The molecule has 4 heterocycles. The van der Waals surface area contributed by atoms with Gasteiger partial charge in [-0.3, -0.25) is 4.79 Å². The molecule has 4 saturated heterocycles. The molecule has 8 rings (SSSR count). The van der Waals surface area contributed by atoms with E-state index in [1.54, 1.807) is 0 Å². The average molecular weight is 786 g/mol. The van der Waals surface area contributed by atoms with Crippen molar-refractivity contribution >= 4 is 14.2 Å². The molecule has 4 aliphatic heterocycles. The smallest absolute Gasteiger partial charge is 0.168 e. The summed E-state index contributed by atoms with van der Waals surface area (Å²) >= 11 is 0. The van der Waals surface area contributed by atoms with Gasteiger partial charge in [-0.05, 0) is 163 Å². The number of hydrogen-bond donors (Lipinski definition) is 0. The number of piperidine rings is 2. The largest absolute Gasteiger partial charge is 0.494 e. The van der Waals surface area contributed by atoms with Crippen LogP contribution in [-0.2, 0) is 31.8 Å². The first-order chi connectivity index (χ1) is 27.6. The zero-order valence-corrected chi connectivity index (χ0v) is 35.3. The van der Waals surface area contributed by atoms with Gasteiger partial charge >= 0.3 is 0 Å². The summed E-state index contributed by atoms with van der Waals surface area (Å²) in [5.74, 6) is 3.63. The molecule has 0 atom stereocenters. The summed E-state index contributed by atoms with van der Waals surface area (Å²) in [6, 6.07) is 17.4. The van der Waals surface area contributed by atoms with E-state index in [0.717, 1.165) is 121 Å². The lowest BCUT2D eigenvalue weighted by Gasteiger charge is -2.35. The van der Waals surface area contributed by atoms with Crippen molar-refractivity contribution < 1.29 is 28.5 Å². The fourth-order valence-electron chi connectivity index (χ4n) is 9.25. The number of likely N-dealkylation sites (tertiary alicyclic amines) is 2. The quantitative estimate of drug-likeness (QED) is 0.139. The Balaban J connectivity index is 0.000000192. The molecule has 2 aromatic carbocycles. The number of hydrogen-bond acceptors (Lipinski definition) is 8. The maximum atomic E-state index is 11.3. The van der Waals surface area contributed by atoms with Crippen LogP contribution >= 0.6 is 0 Å². The number of rotatable bonds is 14. The second-order valence-corrected chi connectivity index (χ2v) is 17.3. The van der Waals surface area contributed by atoms with Crippen molar-refractivity contribution in [2.45, 2.75) is 134 Å². The summed E-state index contributed by atoms with van der Waals surface area (Å²) in [7, 11) is 0. The first kappa shape index (κ1) is 45.7. The maximum Gasteiger partial charge on any atom is 0.168 e. The predicted octanol–water partition coefficient (Wildman–Crippen LogP) is 9.08. The Morgan fingerprint density at radius 1 is 0.561 bits per heavy atom. The molecular weight excluding hydrogens is 711 g/mol. The lowest BCUT2D eigenvalue weighted by molar-refractivity contribution is -0.182. The van der Waals surface area contributed by atoms with Gasteiger partial charge in [-0.15, -0.1) is 0 Å². The van der Waals surface area contributed by atoms with Crippen molar-refractivity contribution in [3.8, 4) is 11.5 Å². The minimum absolute atomic E-state index is 0. The molecule has 3 radical (unpaired) electrons. The van der Waals surface area contributed by atoms with E-state index in [1.807, 2.05) is 0 Å². The lowest BCUT2D eigenvalue weighted by atomic mass is 9.81. The Labute approximate surface area is 347 Å². The zero-order chi connectivity index (χ0) is 38.5. The van der Waals surface area contributed by atoms with Crippen molar-refractivity contribution in [3.05, 3.63) is 59.7 Å². The van der Waals surface area contributed by atoms with Crippen LogP contribution in [-0.4, -0.2) is 109 Å². The van der Waals surface area contributed by atoms with Crippen molar-refractivity contribution in [2.75, 3.05) is 78.9 Å². The summed E-state index contributed by atoms with van der Waals surface area (Å²) in [5.41, 5.74) is 2.79. The highest BCUT2D eigenvalue weighted by Gasteiger charge is 2.40. The Morgan fingerprint density at radius 2 is 1.00 bits per heavy atom. The second-order valence-electron chi connectivity index (χ2n) is 17.3. The fraction of sp³-hybridized carbons (Fsp3) is 0.729. The topological polar surface area (TPSA) is 69.7 Å². The second kappa shape index (κ2) is 25.9. The van der Waals surface area contributed by atoms with Gasteiger partial charge in [0.25, 0.3) is 0 Å². The van der Waals surface area contributed by atoms with Crippen LogP contribution < -0.4 is 9.47 Å². The predicted molar refractivity (Wildman–Crippen MR) is 230 cm³/mol. The molecule has 2 saturated carbocycles. The number of ketones is 1. The third-order valence-corrected chi connectivity index (χ3v) is 12.7. The van der Waals surface area contributed by atoms with Gasteiger partial charge in [0.1, 0.15) is 17.3 Å². The molecule has 0 bridgehead atoms. The summed E-state index contributed by atoms with van der Waals surface area (Å²) in [6.07, 6.45) is 23.5. The molecular formula is C48H74BN2O6. The van der Waals surface area contributed by atoms with E-state index in [4.69, 9.17) is 23.7 Å². The fourth-order valence-corrected chi connectivity index (χ4v) is 9.25. The van der Waals surface area contributed by atoms with Gasteiger partial charge in [-0.1, -0.05) is 37.1 Å². The Morgan fingerprint density at radius 3 is 1.42 bits per heavy atom. The van der Waals surface area contributed by atoms with E-state index in [1.165, 1.54) is 115 Å². The normalized spacial score (nSPS) is 21.9.